The molecule has 3 heteroatoms. The summed E-state index contributed by atoms with van der Waals surface area (Å²) in [7, 11) is 0. The largest absolute Gasteiger partial charge is 0.362 e. The van der Waals surface area contributed by atoms with Gasteiger partial charge in [0, 0.05) is 24.3 Å². The van der Waals surface area contributed by atoms with E-state index < -0.39 is 11.6 Å². The molecule has 1 nitrogen and oxygen atoms in total. The summed E-state index contributed by atoms with van der Waals surface area (Å²) in [6, 6.07) is 3.97. The van der Waals surface area contributed by atoms with Gasteiger partial charge in [0.15, 0.2) is 11.6 Å². The number of allylic oxidation sites excluding steroid dienone is 1. The first-order valence-electron chi connectivity index (χ1n) is 5.55. The van der Waals surface area contributed by atoms with E-state index in [0.29, 0.717) is 12.2 Å². The van der Waals surface area contributed by atoms with Gasteiger partial charge in [0.05, 0.1) is 0 Å². The molecule has 17 heavy (non-hydrogen) atoms. The van der Waals surface area contributed by atoms with Crippen molar-refractivity contribution in [1.82, 2.24) is 0 Å². The van der Waals surface area contributed by atoms with Gasteiger partial charge in [-0.05, 0) is 26.0 Å². The third-order valence-electron chi connectivity index (χ3n) is 2.61. The summed E-state index contributed by atoms with van der Waals surface area (Å²) in [4.78, 5) is 1.94. The molecule has 0 heterocycles. The first kappa shape index (κ1) is 13.4. The zero-order chi connectivity index (χ0) is 12.8. The number of nitrogens with zero attached hydrogens (tertiary/aromatic N) is 1. The number of anilines is 1. The predicted octanol–water partition coefficient (Wildman–Crippen LogP) is 3.92. The van der Waals surface area contributed by atoms with Gasteiger partial charge < -0.3 is 4.90 Å². The van der Waals surface area contributed by atoms with Crippen molar-refractivity contribution in [3.63, 3.8) is 0 Å². The number of hydrogen-bond donors (Lipinski definition) is 0. The molecular formula is C14H17F2N. The molecule has 0 saturated heterocycles. The minimum atomic E-state index is -0.829. The van der Waals surface area contributed by atoms with Gasteiger partial charge in [0.1, 0.15) is 0 Å². The van der Waals surface area contributed by atoms with E-state index in [-0.39, 0.29) is 6.04 Å². The highest BCUT2D eigenvalue weighted by Crippen LogP contribution is 2.20. The standard InChI is InChI=1S/C14H17F2N/c1-4-6-9-17(11(3)5-2)12-7-8-13(15)14(16)10-12/h4-8,10-11H,2,9H2,1,3H3/b6-4+. The molecule has 0 fully saturated rings. The van der Waals surface area contributed by atoms with Crippen molar-refractivity contribution in [2.75, 3.05) is 11.4 Å². The first-order chi connectivity index (χ1) is 8.10. The van der Waals surface area contributed by atoms with E-state index in [1.54, 1.807) is 12.1 Å². The summed E-state index contributed by atoms with van der Waals surface area (Å²) in [6.45, 7) is 8.23. The molecule has 0 N–H and O–H groups in total. The molecule has 0 saturated carbocycles. The van der Waals surface area contributed by atoms with Gasteiger partial charge in [-0.3, -0.25) is 0 Å². The van der Waals surface area contributed by atoms with Gasteiger partial charge in [-0.25, -0.2) is 8.78 Å². The maximum absolute atomic E-state index is 13.2. The summed E-state index contributed by atoms with van der Waals surface area (Å²) in [5.41, 5.74) is 0.648. The van der Waals surface area contributed by atoms with Crippen LogP contribution in [0.5, 0.6) is 0 Å². The highest BCUT2D eigenvalue weighted by molar-refractivity contribution is 5.49. The van der Waals surface area contributed by atoms with Crippen LogP contribution >= 0.6 is 0 Å². The Morgan fingerprint density at radius 1 is 1.35 bits per heavy atom. The topological polar surface area (TPSA) is 3.24 Å². The van der Waals surface area contributed by atoms with Crippen LogP contribution in [0.3, 0.4) is 0 Å². The van der Waals surface area contributed by atoms with E-state index in [0.717, 1.165) is 6.07 Å². The van der Waals surface area contributed by atoms with E-state index in [1.165, 1.54) is 6.07 Å². The quantitative estimate of drug-likeness (QED) is 0.701. The molecule has 1 rings (SSSR count). The Kier molecular flexibility index (Phi) is 4.88. The zero-order valence-electron chi connectivity index (χ0n) is 10.2. The molecule has 0 bridgehead atoms. The second-order valence-electron chi connectivity index (χ2n) is 3.80. The molecule has 0 aromatic heterocycles. The Labute approximate surface area is 101 Å². The summed E-state index contributed by atoms with van der Waals surface area (Å²) < 4.78 is 26.1. The van der Waals surface area contributed by atoms with Gasteiger partial charge in [0.25, 0.3) is 0 Å². The van der Waals surface area contributed by atoms with E-state index >= 15 is 0 Å². The van der Waals surface area contributed by atoms with Crippen molar-refractivity contribution in [3.05, 3.63) is 54.6 Å². The lowest BCUT2D eigenvalue weighted by molar-refractivity contribution is 0.508. The summed E-state index contributed by atoms with van der Waals surface area (Å²) in [5, 5.41) is 0. The second kappa shape index (κ2) is 6.18. The molecule has 1 atom stereocenters. The Balaban J connectivity index is 3.03. The van der Waals surface area contributed by atoms with Crippen molar-refractivity contribution in [3.8, 4) is 0 Å². The Morgan fingerprint density at radius 3 is 2.59 bits per heavy atom. The van der Waals surface area contributed by atoms with Crippen molar-refractivity contribution in [1.29, 1.82) is 0 Å². The minimum Gasteiger partial charge on any atom is -0.362 e. The minimum absolute atomic E-state index is 0.0519. The summed E-state index contributed by atoms with van der Waals surface area (Å²) >= 11 is 0. The Morgan fingerprint density at radius 2 is 2.06 bits per heavy atom. The van der Waals surface area contributed by atoms with Crippen LogP contribution in [0, 0.1) is 11.6 Å². The van der Waals surface area contributed by atoms with E-state index in [9.17, 15) is 8.78 Å². The normalized spacial score (nSPS) is 12.7. The fourth-order valence-electron chi connectivity index (χ4n) is 1.52. The molecule has 0 radical (unpaired) electrons. The fraction of sp³-hybridized carbons (Fsp3) is 0.286. The van der Waals surface area contributed by atoms with Gasteiger partial charge in [0.2, 0.25) is 0 Å². The third-order valence-corrected chi connectivity index (χ3v) is 2.61. The first-order valence-corrected chi connectivity index (χ1v) is 5.55. The number of halogens is 2. The molecule has 0 aliphatic carbocycles. The van der Waals surface area contributed by atoms with Gasteiger partial charge in [-0.15, -0.1) is 6.58 Å². The van der Waals surface area contributed by atoms with Crippen LogP contribution in [0.4, 0.5) is 14.5 Å². The number of rotatable bonds is 5. The number of benzene rings is 1. The lowest BCUT2D eigenvalue weighted by atomic mass is 10.2. The van der Waals surface area contributed by atoms with Crippen LogP contribution in [-0.4, -0.2) is 12.6 Å². The predicted molar refractivity (Wildman–Crippen MR) is 68.2 cm³/mol. The van der Waals surface area contributed by atoms with Crippen LogP contribution in [-0.2, 0) is 0 Å². The molecule has 0 spiro atoms. The van der Waals surface area contributed by atoms with Gasteiger partial charge in [-0.2, -0.15) is 0 Å². The highest BCUT2D eigenvalue weighted by atomic mass is 19.2. The van der Waals surface area contributed by atoms with E-state index in [4.69, 9.17) is 0 Å². The molecule has 1 aromatic rings. The Bertz CT molecular complexity index is 413. The van der Waals surface area contributed by atoms with Crippen molar-refractivity contribution >= 4 is 5.69 Å². The molecule has 0 aliphatic rings. The van der Waals surface area contributed by atoms with E-state index in [2.05, 4.69) is 6.58 Å². The van der Waals surface area contributed by atoms with Crippen LogP contribution < -0.4 is 4.90 Å². The van der Waals surface area contributed by atoms with Crippen LogP contribution in [0.1, 0.15) is 13.8 Å². The molecule has 1 unspecified atom stereocenters. The van der Waals surface area contributed by atoms with Gasteiger partial charge >= 0.3 is 0 Å². The summed E-state index contributed by atoms with van der Waals surface area (Å²) in [6.07, 6.45) is 5.65. The molecular weight excluding hydrogens is 220 g/mol. The molecule has 92 valence electrons. The maximum Gasteiger partial charge on any atom is 0.160 e. The lowest BCUT2D eigenvalue weighted by Crippen LogP contribution is -2.31. The van der Waals surface area contributed by atoms with Gasteiger partial charge in [-0.1, -0.05) is 18.2 Å². The zero-order valence-corrected chi connectivity index (χ0v) is 10.2. The highest BCUT2D eigenvalue weighted by Gasteiger charge is 2.12. The van der Waals surface area contributed by atoms with Crippen molar-refractivity contribution in [2.45, 2.75) is 19.9 Å². The Hall–Kier alpha value is -1.64. The maximum atomic E-state index is 13.2. The van der Waals surface area contributed by atoms with E-state index in [1.807, 2.05) is 30.9 Å². The number of hydrogen-bond acceptors (Lipinski definition) is 1. The fourth-order valence-corrected chi connectivity index (χ4v) is 1.52. The average Bonchev–Trinajstić information content (AvgIpc) is 2.33. The SMILES string of the molecule is C=CC(C)N(C/C=C/C)c1ccc(F)c(F)c1. The van der Waals surface area contributed by atoms with Crippen LogP contribution in [0.15, 0.2) is 43.0 Å². The van der Waals surface area contributed by atoms with Crippen LogP contribution in [0.2, 0.25) is 0 Å². The lowest BCUT2D eigenvalue weighted by Gasteiger charge is -2.28. The summed E-state index contributed by atoms with van der Waals surface area (Å²) in [5.74, 6) is -1.66. The third kappa shape index (κ3) is 3.41. The van der Waals surface area contributed by atoms with Crippen molar-refractivity contribution < 1.29 is 8.78 Å². The molecule has 0 aliphatic heterocycles. The second-order valence-corrected chi connectivity index (χ2v) is 3.80. The van der Waals surface area contributed by atoms with Crippen molar-refractivity contribution in [2.24, 2.45) is 0 Å². The monoisotopic (exact) mass is 237 g/mol. The van der Waals surface area contributed by atoms with Crippen LogP contribution in [0.25, 0.3) is 0 Å². The smallest absolute Gasteiger partial charge is 0.160 e. The molecule has 0 amide bonds. The molecule has 1 aromatic carbocycles. The average molecular weight is 237 g/mol.